The number of carbonyl (C=O) groups excluding carboxylic acids is 1. The Morgan fingerprint density at radius 2 is 1.62 bits per heavy atom. The molecule has 3 aliphatic rings. The molecule has 0 saturated carbocycles. The molecular formula is C31H34FN3O2. The van der Waals surface area contributed by atoms with Crippen molar-refractivity contribution in [3.63, 3.8) is 0 Å². The van der Waals surface area contributed by atoms with E-state index in [9.17, 15) is 9.18 Å². The SMILES string of the molecule is O=C(Nc1ccc2c(c1)CCCC2N1CCN(CCF)CC1)OCC1c2ccccc2-c2ccccc21. The largest absolute Gasteiger partial charge is 0.448 e. The van der Waals surface area contributed by atoms with Gasteiger partial charge < -0.3 is 4.74 Å². The van der Waals surface area contributed by atoms with E-state index in [0.29, 0.717) is 19.2 Å². The van der Waals surface area contributed by atoms with Crippen molar-refractivity contribution in [3.8, 4) is 11.1 Å². The van der Waals surface area contributed by atoms with Crippen molar-refractivity contribution in [2.45, 2.75) is 31.2 Å². The number of hydrogen-bond acceptors (Lipinski definition) is 4. The van der Waals surface area contributed by atoms with Crippen molar-refractivity contribution in [1.29, 1.82) is 0 Å². The van der Waals surface area contributed by atoms with E-state index >= 15 is 0 Å². The maximum Gasteiger partial charge on any atom is 0.411 e. The topological polar surface area (TPSA) is 44.8 Å². The number of ether oxygens (including phenoxy) is 1. The van der Waals surface area contributed by atoms with E-state index in [1.54, 1.807) is 0 Å². The van der Waals surface area contributed by atoms with Gasteiger partial charge in [0.1, 0.15) is 13.3 Å². The van der Waals surface area contributed by atoms with Crippen LogP contribution < -0.4 is 5.32 Å². The lowest BCUT2D eigenvalue weighted by Gasteiger charge is -2.41. The summed E-state index contributed by atoms with van der Waals surface area (Å²) in [5.74, 6) is 0.0489. The quantitative estimate of drug-likeness (QED) is 0.451. The Bertz CT molecular complexity index is 1230. The molecule has 1 heterocycles. The fraction of sp³-hybridized carbons (Fsp3) is 0.387. The highest BCUT2D eigenvalue weighted by atomic mass is 19.1. The molecule has 5 nitrogen and oxygen atoms in total. The molecule has 2 aliphatic carbocycles. The molecule has 6 rings (SSSR count). The number of halogens is 1. The van der Waals surface area contributed by atoms with Gasteiger partial charge in [0.05, 0.1) is 0 Å². The molecule has 1 unspecified atom stereocenters. The molecule has 3 aromatic rings. The van der Waals surface area contributed by atoms with Crippen molar-refractivity contribution in [2.24, 2.45) is 0 Å². The number of alkyl halides is 1. The van der Waals surface area contributed by atoms with Gasteiger partial charge in [0.15, 0.2) is 0 Å². The second-order valence-electron chi connectivity index (χ2n) is 10.3. The number of nitrogens with one attached hydrogen (secondary N) is 1. The molecule has 1 saturated heterocycles. The monoisotopic (exact) mass is 499 g/mol. The van der Waals surface area contributed by atoms with Crippen LogP contribution in [-0.4, -0.2) is 61.9 Å². The summed E-state index contributed by atoms with van der Waals surface area (Å²) in [6.45, 7) is 4.38. The molecular weight excluding hydrogens is 465 g/mol. The Labute approximate surface area is 218 Å². The second kappa shape index (κ2) is 10.6. The van der Waals surface area contributed by atoms with E-state index in [0.717, 1.165) is 51.1 Å². The van der Waals surface area contributed by atoms with E-state index in [2.05, 4.69) is 63.6 Å². The van der Waals surface area contributed by atoms with Gasteiger partial charge in [-0.25, -0.2) is 9.18 Å². The van der Waals surface area contributed by atoms with Crippen molar-refractivity contribution < 1.29 is 13.9 Å². The average Bonchev–Trinajstić information content (AvgIpc) is 3.26. The first-order valence-electron chi connectivity index (χ1n) is 13.5. The number of nitrogens with zero attached hydrogens (tertiary/aromatic N) is 2. The van der Waals surface area contributed by atoms with E-state index in [1.165, 1.54) is 33.4 Å². The number of piperazine rings is 1. The van der Waals surface area contributed by atoms with E-state index < -0.39 is 6.09 Å². The molecule has 1 N–H and O–H groups in total. The maximum absolute atomic E-state index is 12.8. The summed E-state index contributed by atoms with van der Waals surface area (Å²) < 4.78 is 18.5. The average molecular weight is 500 g/mol. The normalized spacial score (nSPS) is 19.6. The Morgan fingerprint density at radius 1 is 0.919 bits per heavy atom. The summed E-state index contributed by atoms with van der Waals surface area (Å²) in [7, 11) is 0. The van der Waals surface area contributed by atoms with Crippen LogP contribution in [0.5, 0.6) is 0 Å². The van der Waals surface area contributed by atoms with Gasteiger partial charge >= 0.3 is 6.09 Å². The summed E-state index contributed by atoms with van der Waals surface area (Å²) in [6, 6.07) is 23.4. The third-order valence-corrected chi connectivity index (χ3v) is 8.26. The first-order chi connectivity index (χ1) is 18.2. The molecule has 37 heavy (non-hydrogen) atoms. The molecule has 0 radical (unpaired) electrons. The smallest absolute Gasteiger partial charge is 0.411 e. The molecule has 1 atom stereocenters. The Hall–Kier alpha value is -3.22. The zero-order valence-corrected chi connectivity index (χ0v) is 21.2. The molecule has 1 amide bonds. The van der Waals surface area contributed by atoms with Crippen molar-refractivity contribution in [2.75, 3.05) is 51.3 Å². The molecule has 192 valence electrons. The minimum Gasteiger partial charge on any atom is -0.448 e. The van der Waals surface area contributed by atoms with Crippen molar-refractivity contribution >= 4 is 11.8 Å². The summed E-state index contributed by atoms with van der Waals surface area (Å²) in [5, 5.41) is 2.96. The van der Waals surface area contributed by atoms with Crippen LogP contribution in [0, 0.1) is 0 Å². The molecule has 6 heteroatoms. The molecule has 0 bridgehead atoms. The van der Waals surface area contributed by atoms with Gasteiger partial charge in [-0.3, -0.25) is 15.1 Å². The van der Waals surface area contributed by atoms with Gasteiger partial charge in [0, 0.05) is 50.4 Å². The summed E-state index contributed by atoms with van der Waals surface area (Å²) in [5.41, 5.74) is 8.32. The number of fused-ring (bicyclic) bond motifs is 4. The molecule has 0 spiro atoms. The fourth-order valence-electron chi connectivity index (χ4n) is 6.42. The number of rotatable bonds is 6. The van der Waals surface area contributed by atoms with Crippen LogP contribution in [0.1, 0.15) is 47.1 Å². The highest BCUT2D eigenvalue weighted by Crippen LogP contribution is 2.44. The van der Waals surface area contributed by atoms with E-state index in [4.69, 9.17) is 4.74 Å². The Balaban J connectivity index is 1.09. The predicted molar refractivity (Wildman–Crippen MR) is 145 cm³/mol. The number of benzene rings is 3. The van der Waals surface area contributed by atoms with Crippen LogP contribution in [0.3, 0.4) is 0 Å². The molecule has 0 aromatic heterocycles. The van der Waals surface area contributed by atoms with Crippen molar-refractivity contribution in [3.05, 3.63) is 89.0 Å². The Kier molecular flexibility index (Phi) is 6.94. The van der Waals surface area contributed by atoms with Gasteiger partial charge in [0.25, 0.3) is 0 Å². The lowest BCUT2D eigenvalue weighted by Crippen LogP contribution is -2.48. The first-order valence-corrected chi connectivity index (χ1v) is 13.5. The van der Waals surface area contributed by atoms with Gasteiger partial charge in [-0.2, -0.15) is 0 Å². The van der Waals surface area contributed by atoms with Crippen LogP contribution in [0.4, 0.5) is 14.9 Å². The standard InChI is InChI=1S/C31H34FN3O2/c32-14-15-34-16-18-35(19-17-34)30-11-5-6-22-20-23(12-13-24(22)30)33-31(36)37-21-29-27-9-3-1-7-25(27)26-8-2-4-10-28(26)29/h1-4,7-10,12-13,20,29-30H,5-6,11,14-19,21H2,(H,33,36). The lowest BCUT2D eigenvalue weighted by atomic mass is 9.86. The lowest BCUT2D eigenvalue weighted by molar-refractivity contribution is 0.0846. The minimum atomic E-state index is -0.418. The second-order valence-corrected chi connectivity index (χ2v) is 10.3. The zero-order chi connectivity index (χ0) is 25.2. The summed E-state index contributed by atoms with van der Waals surface area (Å²) >= 11 is 0. The Morgan fingerprint density at radius 3 is 2.32 bits per heavy atom. The third kappa shape index (κ3) is 4.88. The van der Waals surface area contributed by atoms with Crippen LogP contribution >= 0.6 is 0 Å². The van der Waals surface area contributed by atoms with Gasteiger partial charge in [-0.05, 0) is 64.8 Å². The summed E-state index contributed by atoms with van der Waals surface area (Å²) in [4.78, 5) is 17.5. The fourth-order valence-corrected chi connectivity index (χ4v) is 6.42. The zero-order valence-electron chi connectivity index (χ0n) is 21.2. The van der Waals surface area contributed by atoms with E-state index in [1.807, 2.05) is 18.2 Å². The molecule has 3 aromatic carbocycles. The van der Waals surface area contributed by atoms with Crippen LogP contribution in [0.2, 0.25) is 0 Å². The van der Waals surface area contributed by atoms with Crippen molar-refractivity contribution in [1.82, 2.24) is 9.80 Å². The van der Waals surface area contributed by atoms with Gasteiger partial charge in [0.2, 0.25) is 0 Å². The summed E-state index contributed by atoms with van der Waals surface area (Å²) in [6.07, 6.45) is 2.89. The maximum atomic E-state index is 12.8. The molecule has 1 aliphatic heterocycles. The molecule has 1 fully saturated rings. The van der Waals surface area contributed by atoms with Crippen LogP contribution in [0.15, 0.2) is 66.7 Å². The van der Waals surface area contributed by atoms with E-state index in [-0.39, 0.29) is 12.6 Å². The number of hydrogen-bond donors (Lipinski definition) is 1. The van der Waals surface area contributed by atoms with Gasteiger partial charge in [-0.1, -0.05) is 54.6 Å². The van der Waals surface area contributed by atoms with Crippen LogP contribution in [-0.2, 0) is 11.2 Å². The van der Waals surface area contributed by atoms with Gasteiger partial charge in [-0.15, -0.1) is 0 Å². The number of amides is 1. The first kappa shape index (κ1) is 24.1. The highest BCUT2D eigenvalue weighted by Gasteiger charge is 2.30. The number of aryl methyl sites for hydroxylation is 1. The minimum absolute atomic E-state index is 0.0489. The third-order valence-electron chi connectivity index (χ3n) is 8.26. The number of anilines is 1. The number of carbonyl (C=O) groups is 1. The van der Waals surface area contributed by atoms with Crippen LogP contribution in [0.25, 0.3) is 11.1 Å². The highest BCUT2D eigenvalue weighted by molar-refractivity contribution is 5.85. The predicted octanol–water partition coefficient (Wildman–Crippen LogP) is 6.01.